The van der Waals surface area contributed by atoms with Crippen LogP contribution in [0.1, 0.15) is 57.9 Å². The van der Waals surface area contributed by atoms with Crippen molar-refractivity contribution in [1.29, 1.82) is 0 Å². The smallest absolute Gasteiger partial charge is 0.366 e. The molecule has 2 heterocycles. The van der Waals surface area contributed by atoms with Gasteiger partial charge in [0, 0.05) is 42.2 Å². The summed E-state index contributed by atoms with van der Waals surface area (Å²) in [5.74, 6) is 0.0920. The van der Waals surface area contributed by atoms with Crippen LogP contribution in [0.3, 0.4) is 0 Å². The third kappa shape index (κ3) is 4.93. The summed E-state index contributed by atoms with van der Waals surface area (Å²) in [5.41, 5.74) is -0.825. The van der Waals surface area contributed by atoms with Gasteiger partial charge in [0.1, 0.15) is 5.84 Å². The Morgan fingerprint density at radius 1 is 1.18 bits per heavy atom. The zero-order valence-electron chi connectivity index (χ0n) is 21.4. The average Bonchev–Trinajstić information content (AvgIpc) is 3.40. The summed E-state index contributed by atoms with van der Waals surface area (Å²) >= 11 is 6.04. The van der Waals surface area contributed by atoms with Gasteiger partial charge in [0.15, 0.2) is 6.04 Å². The van der Waals surface area contributed by atoms with E-state index < -0.39 is 52.4 Å². The Balaban J connectivity index is 1.32. The highest BCUT2D eigenvalue weighted by Gasteiger charge is 2.75. The van der Waals surface area contributed by atoms with E-state index in [0.717, 1.165) is 18.4 Å². The summed E-state index contributed by atoms with van der Waals surface area (Å²) in [6.45, 7) is 4.35. The van der Waals surface area contributed by atoms with E-state index in [-0.39, 0.29) is 12.0 Å². The molecule has 5 aliphatic rings. The van der Waals surface area contributed by atoms with E-state index in [9.17, 15) is 26.4 Å². The fourth-order valence-electron chi connectivity index (χ4n) is 6.33. The fourth-order valence-corrected chi connectivity index (χ4v) is 8.45. The molecule has 210 valence electrons. The first kappa shape index (κ1) is 27.7. The number of amides is 1. The molecule has 38 heavy (non-hydrogen) atoms. The molecule has 3 aliphatic carbocycles. The summed E-state index contributed by atoms with van der Waals surface area (Å²) in [4.78, 5) is 17.3. The number of halogens is 4. The Labute approximate surface area is 226 Å². The third-order valence-corrected chi connectivity index (χ3v) is 10.6. The molecule has 0 spiro atoms. The van der Waals surface area contributed by atoms with Crippen LogP contribution in [0.2, 0.25) is 5.02 Å². The number of amidine groups is 1. The Morgan fingerprint density at radius 2 is 1.79 bits per heavy atom. The lowest BCUT2D eigenvalue weighted by atomic mass is 9.38. The van der Waals surface area contributed by atoms with Gasteiger partial charge in [0.2, 0.25) is 5.91 Å². The number of carbonyl (C=O) groups excluding carboxylic acids is 1. The molecule has 13 heteroatoms. The number of carbonyl (C=O) groups is 1. The molecule has 8 nitrogen and oxygen atoms in total. The zero-order valence-corrected chi connectivity index (χ0v) is 23.0. The van der Waals surface area contributed by atoms with Crippen molar-refractivity contribution in [2.24, 2.45) is 10.4 Å². The number of aliphatic imine (C=N–C) groups is 1. The van der Waals surface area contributed by atoms with Crippen LogP contribution in [0.25, 0.3) is 0 Å². The van der Waals surface area contributed by atoms with Gasteiger partial charge in [0.05, 0.1) is 12.0 Å². The van der Waals surface area contributed by atoms with Gasteiger partial charge >= 0.3 is 6.18 Å². The van der Waals surface area contributed by atoms with Crippen LogP contribution in [0, 0.1) is 5.41 Å². The molecule has 4 fully saturated rings. The maximum absolute atomic E-state index is 13.8. The fraction of sp³-hybridized carbons (Fsp3) is 0.680. The van der Waals surface area contributed by atoms with Gasteiger partial charge in [-0.3, -0.25) is 9.79 Å². The summed E-state index contributed by atoms with van der Waals surface area (Å²) in [6, 6.07) is 6.31. The monoisotopic (exact) mass is 575 g/mol. The lowest BCUT2D eigenvalue weighted by molar-refractivity contribution is -0.152. The van der Waals surface area contributed by atoms with Crippen molar-refractivity contribution in [3.05, 3.63) is 34.9 Å². The predicted octanol–water partition coefficient (Wildman–Crippen LogP) is 3.62. The topological polar surface area (TPSA) is 94.1 Å². The molecule has 1 aromatic rings. The molecular formula is C25H33ClF3N5O3S. The quantitative estimate of drug-likeness (QED) is 0.470. The van der Waals surface area contributed by atoms with Gasteiger partial charge < -0.3 is 10.6 Å². The molecule has 0 aromatic heterocycles. The van der Waals surface area contributed by atoms with E-state index in [0.29, 0.717) is 43.2 Å². The molecular weight excluding hydrogens is 543 g/mol. The summed E-state index contributed by atoms with van der Waals surface area (Å²) in [6.07, 6.45) is -2.04. The van der Waals surface area contributed by atoms with Crippen LogP contribution in [0.15, 0.2) is 29.3 Å². The highest BCUT2D eigenvalue weighted by molar-refractivity contribution is 7.86. The lowest BCUT2D eigenvalue weighted by Gasteiger charge is -2.73. The van der Waals surface area contributed by atoms with Crippen molar-refractivity contribution in [3.8, 4) is 0 Å². The van der Waals surface area contributed by atoms with Gasteiger partial charge in [-0.2, -0.15) is 30.2 Å². The molecule has 2 aliphatic heterocycles. The zero-order chi connectivity index (χ0) is 27.6. The van der Waals surface area contributed by atoms with Crippen molar-refractivity contribution in [2.75, 3.05) is 19.6 Å². The van der Waals surface area contributed by atoms with E-state index >= 15 is 0 Å². The SMILES string of the molecule is CC1(C)NC(C23CC(N(Cc4ccc(Cl)cc4)S(=O)(=O)N4CCCC4)(C2)C3)=N[C@H]1C(=O)NCCC(F)(F)F. The normalized spacial score (nSPS) is 30.4. The molecule has 1 atom stereocenters. The van der Waals surface area contributed by atoms with Crippen molar-refractivity contribution in [2.45, 2.75) is 82.2 Å². The minimum absolute atomic E-state index is 0.238. The predicted molar refractivity (Wildman–Crippen MR) is 138 cm³/mol. The number of nitrogens with one attached hydrogen (secondary N) is 2. The maximum Gasteiger partial charge on any atom is 0.390 e. The third-order valence-electron chi connectivity index (χ3n) is 8.28. The van der Waals surface area contributed by atoms with Crippen LogP contribution >= 0.6 is 11.6 Å². The van der Waals surface area contributed by atoms with Crippen molar-refractivity contribution < 1.29 is 26.4 Å². The average molecular weight is 576 g/mol. The standard InChI is InChI=1S/C25H33ClF3N5O3S/c1-22(2)19(20(35)30-10-9-25(27,28)29)31-21(32-22)23-14-24(15-23,16-23)34(13-17-5-7-18(26)8-6-17)38(36,37)33-11-3-4-12-33/h5-8,19H,3-4,9-16H2,1-2H3,(H,30,35)(H,31,32)/t19-,23?,24?/m0/s1. The van der Waals surface area contributed by atoms with E-state index in [1.807, 2.05) is 12.1 Å². The second-order valence-electron chi connectivity index (χ2n) is 11.7. The Kier molecular flexibility index (Phi) is 6.81. The summed E-state index contributed by atoms with van der Waals surface area (Å²) < 4.78 is 68.2. The van der Waals surface area contributed by atoms with E-state index in [2.05, 4.69) is 15.6 Å². The largest absolute Gasteiger partial charge is 0.390 e. The van der Waals surface area contributed by atoms with Gasteiger partial charge in [-0.15, -0.1) is 0 Å². The summed E-state index contributed by atoms with van der Waals surface area (Å²) in [7, 11) is -3.69. The van der Waals surface area contributed by atoms with Gasteiger partial charge in [-0.1, -0.05) is 23.7 Å². The van der Waals surface area contributed by atoms with Crippen LogP contribution in [0.4, 0.5) is 13.2 Å². The molecule has 2 N–H and O–H groups in total. The number of nitrogens with zero attached hydrogens (tertiary/aromatic N) is 3. The first-order chi connectivity index (χ1) is 17.7. The van der Waals surface area contributed by atoms with Crippen molar-refractivity contribution in [3.63, 3.8) is 0 Å². The van der Waals surface area contributed by atoms with Crippen LogP contribution in [0.5, 0.6) is 0 Å². The van der Waals surface area contributed by atoms with E-state index in [4.69, 9.17) is 11.6 Å². The van der Waals surface area contributed by atoms with Gasteiger partial charge in [0.25, 0.3) is 10.2 Å². The molecule has 0 unspecified atom stereocenters. The van der Waals surface area contributed by atoms with E-state index in [1.54, 1.807) is 34.6 Å². The second kappa shape index (κ2) is 9.35. The highest BCUT2D eigenvalue weighted by atomic mass is 35.5. The molecule has 0 radical (unpaired) electrons. The first-order valence-electron chi connectivity index (χ1n) is 12.9. The van der Waals surface area contributed by atoms with Crippen LogP contribution < -0.4 is 10.6 Å². The lowest BCUT2D eigenvalue weighted by Crippen LogP contribution is -2.79. The van der Waals surface area contributed by atoms with E-state index in [1.165, 1.54) is 0 Å². The minimum atomic E-state index is -4.35. The van der Waals surface area contributed by atoms with Crippen LogP contribution in [-0.2, 0) is 21.5 Å². The number of benzene rings is 1. The Morgan fingerprint density at radius 3 is 2.37 bits per heavy atom. The molecule has 6 rings (SSSR count). The van der Waals surface area contributed by atoms with Crippen molar-refractivity contribution in [1.82, 2.24) is 19.2 Å². The Bertz CT molecular complexity index is 1210. The number of rotatable bonds is 9. The van der Waals surface area contributed by atoms with Gasteiger partial charge in [-0.05, 0) is 63.6 Å². The number of hydrogen-bond donors (Lipinski definition) is 2. The second-order valence-corrected chi connectivity index (χ2v) is 14.0. The number of hydrogen-bond acceptors (Lipinski definition) is 5. The summed E-state index contributed by atoms with van der Waals surface area (Å²) in [5, 5.41) is 6.27. The van der Waals surface area contributed by atoms with Gasteiger partial charge in [-0.25, -0.2) is 0 Å². The maximum atomic E-state index is 13.8. The molecule has 1 saturated heterocycles. The van der Waals surface area contributed by atoms with Crippen molar-refractivity contribution >= 4 is 33.6 Å². The molecule has 3 saturated carbocycles. The highest BCUT2D eigenvalue weighted by Crippen LogP contribution is 2.71. The first-order valence-corrected chi connectivity index (χ1v) is 14.7. The molecule has 1 aromatic carbocycles. The number of alkyl halides is 3. The molecule has 1 amide bonds. The minimum Gasteiger partial charge on any atom is -0.366 e. The molecule has 2 bridgehead atoms. The Hall–Kier alpha value is -1.89. The van der Waals surface area contributed by atoms with Crippen LogP contribution in [-0.4, -0.2) is 71.7 Å².